The summed E-state index contributed by atoms with van der Waals surface area (Å²) < 4.78 is 0. The molecule has 4 N–H and O–H groups in total. The summed E-state index contributed by atoms with van der Waals surface area (Å²) in [6, 6.07) is 17.4. The largest absolute Gasteiger partial charge is 0.507 e. The van der Waals surface area contributed by atoms with Gasteiger partial charge in [0, 0.05) is 0 Å². The lowest BCUT2D eigenvalue weighted by atomic mass is 10.0. The molecular formula is C34H44N2O4. The summed E-state index contributed by atoms with van der Waals surface area (Å²) in [7, 11) is 0. The molecule has 6 nitrogen and oxygen atoms in total. The predicted octanol–water partition coefficient (Wildman–Crippen LogP) is 8.63. The molecule has 0 heterocycles. The van der Waals surface area contributed by atoms with Crippen LogP contribution in [0.4, 0.5) is 11.4 Å². The molecular weight excluding hydrogens is 500 g/mol. The van der Waals surface area contributed by atoms with E-state index in [9.17, 15) is 19.8 Å². The van der Waals surface area contributed by atoms with E-state index in [4.69, 9.17) is 0 Å². The van der Waals surface area contributed by atoms with Crippen LogP contribution in [0, 0.1) is 0 Å². The van der Waals surface area contributed by atoms with Crippen molar-refractivity contribution in [2.75, 3.05) is 10.6 Å². The van der Waals surface area contributed by atoms with Crippen molar-refractivity contribution in [1.29, 1.82) is 0 Å². The monoisotopic (exact) mass is 544 g/mol. The number of hydrogen-bond acceptors (Lipinski definition) is 4. The minimum Gasteiger partial charge on any atom is -0.507 e. The van der Waals surface area contributed by atoms with Crippen molar-refractivity contribution in [2.24, 2.45) is 0 Å². The molecule has 0 spiro atoms. The summed E-state index contributed by atoms with van der Waals surface area (Å²) >= 11 is 0. The van der Waals surface area contributed by atoms with E-state index in [-0.39, 0.29) is 22.6 Å². The van der Waals surface area contributed by atoms with E-state index in [1.54, 1.807) is 48.5 Å². The van der Waals surface area contributed by atoms with Gasteiger partial charge in [0.15, 0.2) is 0 Å². The van der Waals surface area contributed by atoms with Crippen LogP contribution in [0.2, 0.25) is 0 Å². The molecule has 0 atom stereocenters. The summed E-state index contributed by atoms with van der Waals surface area (Å²) in [5, 5.41) is 27.3. The number of rotatable bonds is 16. The molecule has 214 valence electrons. The minimum atomic E-state index is -0.458. The van der Waals surface area contributed by atoms with E-state index in [0.717, 1.165) is 36.8 Å². The SMILES string of the molecule is CCCCCCCc1cccc(C(=O)Nc2ccccc2NC(=O)c2cccc(CCCCCCC)c2O)c1O. The van der Waals surface area contributed by atoms with Gasteiger partial charge in [0.1, 0.15) is 11.5 Å². The molecule has 0 unspecified atom stereocenters. The Bertz CT molecular complexity index is 1160. The van der Waals surface area contributed by atoms with Crippen LogP contribution in [0.5, 0.6) is 11.5 Å². The number of phenolic OH excluding ortho intramolecular Hbond substituents is 2. The van der Waals surface area contributed by atoms with E-state index in [0.29, 0.717) is 24.2 Å². The van der Waals surface area contributed by atoms with Crippen molar-refractivity contribution in [1.82, 2.24) is 0 Å². The van der Waals surface area contributed by atoms with Gasteiger partial charge in [-0.25, -0.2) is 0 Å². The van der Waals surface area contributed by atoms with Gasteiger partial charge in [0.25, 0.3) is 11.8 Å². The number of carbonyl (C=O) groups is 2. The second-order valence-electron chi connectivity index (χ2n) is 10.4. The topological polar surface area (TPSA) is 98.7 Å². The van der Waals surface area contributed by atoms with E-state index in [1.807, 2.05) is 12.1 Å². The zero-order valence-corrected chi connectivity index (χ0v) is 24.0. The molecule has 2 amide bonds. The van der Waals surface area contributed by atoms with Gasteiger partial charge < -0.3 is 20.8 Å². The molecule has 0 saturated heterocycles. The number of unbranched alkanes of at least 4 members (excludes halogenated alkanes) is 8. The summed E-state index contributed by atoms with van der Waals surface area (Å²) in [5.41, 5.74) is 2.69. The second kappa shape index (κ2) is 16.3. The molecule has 0 saturated carbocycles. The molecule has 6 heteroatoms. The predicted molar refractivity (Wildman–Crippen MR) is 163 cm³/mol. The number of aryl methyl sites for hydroxylation is 2. The Morgan fingerprint density at radius 1 is 0.550 bits per heavy atom. The van der Waals surface area contributed by atoms with Gasteiger partial charge in [-0.05, 0) is 61.1 Å². The summed E-state index contributed by atoms with van der Waals surface area (Å²) in [4.78, 5) is 26.3. The van der Waals surface area contributed by atoms with Crippen molar-refractivity contribution < 1.29 is 19.8 Å². The highest BCUT2D eigenvalue weighted by Crippen LogP contribution is 2.29. The number of aromatic hydroxyl groups is 2. The molecule has 0 aliphatic rings. The van der Waals surface area contributed by atoms with Crippen LogP contribution in [0.25, 0.3) is 0 Å². The fourth-order valence-corrected chi connectivity index (χ4v) is 4.87. The molecule has 0 fully saturated rings. The van der Waals surface area contributed by atoms with E-state index in [2.05, 4.69) is 24.5 Å². The maximum absolute atomic E-state index is 13.2. The van der Waals surface area contributed by atoms with Crippen LogP contribution in [-0.4, -0.2) is 22.0 Å². The zero-order chi connectivity index (χ0) is 28.7. The normalized spacial score (nSPS) is 10.8. The highest BCUT2D eigenvalue weighted by Gasteiger charge is 2.18. The van der Waals surface area contributed by atoms with Crippen LogP contribution in [-0.2, 0) is 12.8 Å². The third kappa shape index (κ3) is 8.87. The van der Waals surface area contributed by atoms with E-state index < -0.39 is 11.8 Å². The highest BCUT2D eigenvalue weighted by molar-refractivity contribution is 6.11. The van der Waals surface area contributed by atoms with Crippen molar-refractivity contribution in [2.45, 2.75) is 90.9 Å². The van der Waals surface area contributed by atoms with Gasteiger partial charge in [-0.1, -0.05) is 102 Å². The van der Waals surface area contributed by atoms with E-state index >= 15 is 0 Å². The van der Waals surface area contributed by atoms with Gasteiger partial charge in [-0.3, -0.25) is 9.59 Å². The Kier molecular flexibility index (Phi) is 12.6. The Morgan fingerprint density at radius 2 is 0.950 bits per heavy atom. The zero-order valence-electron chi connectivity index (χ0n) is 24.0. The Hall–Kier alpha value is -3.80. The number of nitrogens with one attached hydrogen (secondary N) is 2. The average Bonchev–Trinajstić information content (AvgIpc) is 2.95. The highest BCUT2D eigenvalue weighted by atomic mass is 16.3. The van der Waals surface area contributed by atoms with Crippen LogP contribution in [0.1, 0.15) is 110 Å². The standard InChI is InChI=1S/C34H44N2O4/c1-3-5-7-9-11-17-25-19-15-21-27(31(25)37)33(39)35-29-23-13-14-24-30(29)36-34(40)28-22-16-20-26(32(28)38)18-12-10-8-6-4-2/h13-16,19-24,37-38H,3-12,17-18H2,1-2H3,(H,35,39)(H,36,40). The quantitative estimate of drug-likeness (QED) is 0.136. The fraction of sp³-hybridized carbons (Fsp3) is 0.412. The summed E-state index contributed by atoms with van der Waals surface area (Å²) in [6.45, 7) is 4.35. The maximum atomic E-state index is 13.2. The van der Waals surface area contributed by atoms with Crippen LogP contribution >= 0.6 is 0 Å². The molecule has 0 aliphatic carbocycles. The van der Waals surface area contributed by atoms with Gasteiger partial charge in [-0.2, -0.15) is 0 Å². The van der Waals surface area contributed by atoms with Gasteiger partial charge >= 0.3 is 0 Å². The van der Waals surface area contributed by atoms with E-state index in [1.165, 1.54) is 38.5 Å². The number of benzene rings is 3. The molecule has 3 aromatic carbocycles. The Balaban J connectivity index is 1.68. The number of carbonyl (C=O) groups excluding carboxylic acids is 2. The van der Waals surface area contributed by atoms with Crippen LogP contribution in [0.3, 0.4) is 0 Å². The number of phenols is 2. The molecule has 40 heavy (non-hydrogen) atoms. The number of amides is 2. The van der Waals surface area contributed by atoms with Crippen molar-refractivity contribution in [3.8, 4) is 11.5 Å². The van der Waals surface area contributed by atoms with Crippen LogP contribution in [0.15, 0.2) is 60.7 Å². The third-order valence-electron chi connectivity index (χ3n) is 7.25. The molecule has 0 aromatic heterocycles. The Labute approximate surface area is 238 Å². The lowest BCUT2D eigenvalue weighted by Gasteiger charge is -2.15. The Morgan fingerprint density at radius 3 is 1.35 bits per heavy atom. The first-order chi connectivity index (χ1) is 19.5. The van der Waals surface area contributed by atoms with Crippen molar-refractivity contribution >= 4 is 23.2 Å². The van der Waals surface area contributed by atoms with Gasteiger partial charge in [0.2, 0.25) is 0 Å². The summed E-state index contributed by atoms with van der Waals surface area (Å²) in [5.74, 6) is -0.929. The van der Waals surface area contributed by atoms with Crippen LogP contribution < -0.4 is 10.6 Å². The molecule has 3 aromatic rings. The fourth-order valence-electron chi connectivity index (χ4n) is 4.87. The molecule has 3 rings (SSSR count). The smallest absolute Gasteiger partial charge is 0.259 e. The average molecular weight is 545 g/mol. The lowest BCUT2D eigenvalue weighted by molar-refractivity contribution is 0.101. The molecule has 0 radical (unpaired) electrons. The van der Waals surface area contributed by atoms with Gasteiger partial charge in [0.05, 0.1) is 22.5 Å². The lowest BCUT2D eigenvalue weighted by Crippen LogP contribution is -2.17. The molecule has 0 bridgehead atoms. The number of para-hydroxylation sites is 4. The first-order valence-corrected chi connectivity index (χ1v) is 14.8. The third-order valence-corrected chi connectivity index (χ3v) is 7.25. The number of anilines is 2. The first-order valence-electron chi connectivity index (χ1n) is 14.8. The number of hydrogen-bond donors (Lipinski definition) is 4. The first kappa shape index (κ1) is 30.7. The van der Waals surface area contributed by atoms with Crippen molar-refractivity contribution in [3.05, 3.63) is 82.9 Å². The van der Waals surface area contributed by atoms with Crippen molar-refractivity contribution in [3.63, 3.8) is 0 Å². The maximum Gasteiger partial charge on any atom is 0.259 e. The minimum absolute atomic E-state index is 0.00607. The van der Waals surface area contributed by atoms with Gasteiger partial charge in [-0.15, -0.1) is 0 Å². The second-order valence-corrected chi connectivity index (χ2v) is 10.4. The summed E-state index contributed by atoms with van der Waals surface area (Å²) in [6.07, 6.45) is 12.6. The molecule has 0 aliphatic heterocycles.